The summed E-state index contributed by atoms with van der Waals surface area (Å²) in [6.45, 7) is 5.86. The van der Waals surface area contributed by atoms with Crippen LogP contribution in [-0.4, -0.2) is 10.9 Å². The quantitative estimate of drug-likeness (QED) is 0.374. The van der Waals surface area contributed by atoms with Crippen LogP contribution in [0.25, 0.3) is 0 Å². The summed E-state index contributed by atoms with van der Waals surface area (Å²) < 4.78 is 0. The number of ketones is 1. The van der Waals surface area contributed by atoms with Crippen LogP contribution in [0, 0.1) is 20.8 Å². The van der Waals surface area contributed by atoms with Crippen LogP contribution in [0.4, 0.5) is 5.69 Å². The van der Waals surface area contributed by atoms with Gasteiger partial charge in [0.25, 0.3) is 0 Å². The molecule has 0 aromatic heterocycles. The number of aliphatic hydroxyl groups is 1. The second kappa shape index (κ2) is 6.80. The minimum absolute atomic E-state index is 0.0928. The predicted octanol–water partition coefficient (Wildman–Crippen LogP) is 4.98. The van der Waals surface area contributed by atoms with E-state index in [1.54, 1.807) is 12.1 Å². The predicted molar refractivity (Wildman–Crippen MR) is 86.7 cm³/mol. The van der Waals surface area contributed by atoms with E-state index < -0.39 is 0 Å². The molecule has 0 fully saturated rings. The molecule has 0 saturated carbocycles. The maximum atomic E-state index is 12.3. The smallest absolute Gasteiger partial charge is 0.216 e. The highest BCUT2D eigenvalue weighted by Gasteiger charge is 2.12. The number of hydrogen-bond acceptors (Lipinski definition) is 4. The lowest BCUT2D eigenvalue weighted by Crippen LogP contribution is -2.01. The van der Waals surface area contributed by atoms with Crippen molar-refractivity contribution in [3.8, 4) is 0 Å². The fourth-order valence-electron chi connectivity index (χ4n) is 1.93. The molecule has 2 rings (SSSR count). The molecule has 22 heavy (non-hydrogen) atoms. The van der Waals surface area contributed by atoms with Crippen LogP contribution in [0.15, 0.2) is 64.7 Å². The van der Waals surface area contributed by atoms with Gasteiger partial charge in [-0.2, -0.15) is 5.11 Å². The molecule has 4 heteroatoms. The molecule has 2 aromatic carbocycles. The maximum absolute atomic E-state index is 12.3. The van der Waals surface area contributed by atoms with Crippen molar-refractivity contribution in [2.24, 2.45) is 10.2 Å². The van der Waals surface area contributed by atoms with Gasteiger partial charge in [0.1, 0.15) is 6.26 Å². The van der Waals surface area contributed by atoms with E-state index in [1.165, 1.54) is 0 Å². The first kappa shape index (κ1) is 15.6. The molecule has 0 spiro atoms. The fraction of sp³-hybridized carbons (Fsp3) is 0.167. The van der Waals surface area contributed by atoms with Gasteiger partial charge in [-0.15, -0.1) is 5.11 Å². The minimum atomic E-state index is -0.364. The van der Waals surface area contributed by atoms with Crippen molar-refractivity contribution in [1.29, 1.82) is 0 Å². The van der Waals surface area contributed by atoms with E-state index in [4.69, 9.17) is 0 Å². The monoisotopic (exact) mass is 294 g/mol. The molecule has 0 saturated heterocycles. The Morgan fingerprint density at radius 1 is 1.05 bits per heavy atom. The molecule has 2 aromatic rings. The number of carbonyl (C=O) groups is 1. The fourth-order valence-corrected chi connectivity index (χ4v) is 1.93. The lowest BCUT2D eigenvalue weighted by Gasteiger charge is -2.03. The summed E-state index contributed by atoms with van der Waals surface area (Å²) in [5.41, 5.74) is 4.19. The number of hydrogen-bond donors (Lipinski definition) is 1. The van der Waals surface area contributed by atoms with Crippen molar-refractivity contribution in [2.75, 3.05) is 0 Å². The number of Topliss-reactive ketones (excluding diaryl/α,β-unsaturated/α-hetero) is 1. The Hall–Kier alpha value is -2.75. The van der Waals surface area contributed by atoms with E-state index in [9.17, 15) is 9.90 Å². The van der Waals surface area contributed by atoms with E-state index in [2.05, 4.69) is 10.2 Å². The Morgan fingerprint density at radius 2 is 1.73 bits per heavy atom. The van der Waals surface area contributed by atoms with E-state index in [-0.39, 0.29) is 11.5 Å². The van der Waals surface area contributed by atoms with Crippen LogP contribution in [0.2, 0.25) is 0 Å². The van der Waals surface area contributed by atoms with Crippen molar-refractivity contribution in [3.63, 3.8) is 0 Å². The van der Waals surface area contributed by atoms with Crippen molar-refractivity contribution in [1.82, 2.24) is 0 Å². The molecule has 0 unspecified atom stereocenters. The van der Waals surface area contributed by atoms with Gasteiger partial charge in [0.15, 0.2) is 5.70 Å². The molecule has 0 radical (unpaired) electrons. The topological polar surface area (TPSA) is 62.0 Å². The third-order valence-electron chi connectivity index (χ3n) is 3.51. The average molecular weight is 294 g/mol. The third-order valence-corrected chi connectivity index (χ3v) is 3.51. The summed E-state index contributed by atoms with van der Waals surface area (Å²) in [7, 11) is 0. The summed E-state index contributed by atoms with van der Waals surface area (Å²) in [6.07, 6.45) is 0.691. The zero-order valence-electron chi connectivity index (χ0n) is 12.9. The van der Waals surface area contributed by atoms with Crippen molar-refractivity contribution in [2.45, 2.75) is 20.8 Å². The second-order valence-corrected chi connectivity index (χ2v) is 5.13. The number of aliphatic hydroxyl groups excluding tert-OH is 1. The summed E-state index contributed by atoms with van der Waals surface area (Å²) in [6, 6.07) is 12.8. The Morgan fingerprint density at radius 3 is 2.36 bits per heavy atom. The van der Waals surface area contributed by atoms with Gasteiger partial charge in [0.05, 0.1) is 5.69 Å². The number of aryl methyl sites for hydroxylation is 2. The zero-order valence-corrected chi connectivity index (χ0v) is 12.9. The molecule has 0 heterocycles. The average Bonchev–Trinajstić information content (AvgIpc) is 2.52. The molecule has 0 aliphatic carbocycles. The van der Waals surface area contributed by atoms with Gasteiger partial charge in [0, 0.05) is 5.56 Å². The Balaban J connectivity index is 2.26. The first-order valence-electron chi connectivity index (χ1n) is 6.96. The van der Waals surface area contributed by atoms with E-state index in [1.807, 2.05) is 51.1 Å². The number of benzene rings is 2. The van der Waals surface area contributed by atoms with E-state index in [0.29, 0.717) is 17.5 Å². The van der Waals surface area contributed by atoms with Gasteiger partial charge in [-0.25, -0.2) is 0 Å². The number of nitrogens with zero attached hydrogens (tertiary/aromatic N) is 2. The lowest BCUT2D eigenvalue weighted by molar-refractivity contribution is 0.102. The molecule has 0 atom stereocenters. The molecular weight excluding hydrogens is 276 g/mol. The van der Waals surface area contributed by atoms with Crippen LogP contribution >= 0.6 is 0 Å². The van der Waals surface area contributed by atoms with Gasteiger partial charge >= 0.3 is 0 Å². The van der Waals surface area contributed by atoms with Crippen LogP contribution in [0.5, 0.6) is 0 Å². The molecule has 0 bridgehead atoms. The summed E-state index contributed by atoms with van der Waals surface area (Å²) >= 11 is 0. The molecule has 0 amide bonds. The molecule has 1 N–H and O–H groups in total. The Kier molecular flexibility index (Phi) is 4.84. The first-order chi connectivity index (χ1) is 10.5. The number of carbonyl (C=O) groups excluding carboxylic acids is 1. The minimum Gasteiger partial charge on any atom is -0.513 e. The van der Waals surface area contributed by atoms with Crippen molar-refractivity contribution >= 4 is 11.5 Å². The zero-order chi connectivity index (χ0) is 16.1. The molecule has 112 valence electrons. The van der Waals surface area contributed by atoms with Crippen molar-refractivity contribution < 1.29 is 9.90 Å². The number of azo groups is 1. The van der Waals surface area contributed by atoms with Crippen LogP contribution in [0.1, 0.15) is 27.0 Å². The van der Waals surface area contributed by atoms with Gasteiger partial charge in [-0.3, -0.25) is 4.79 Å². The van der Waals surface area contributed by atoms with Crippen molar-refractivity contribution in [3.05, 3.63) is 76.7 Å². The normalized spacial score (nSPS) is 11.9. The second-order valence-electron chi connectivity index (χ2n) is 5.13. The summed E-state index contributed by atoms with van der Waals surface area (Å²) in [5, 5.41) is 17.3. The highest BCUT2D eigenvalue weighted by Crippen LogP contribution is 2.22. The summed E-state index contributed by atoms with van der Waals surface area (Å²) in [5.74, 6) is -0.364. The Bertz CT molecular complexity index is 744. The Labute approximate surface area is 129 Å². The first-order valence-corrected chi connectivity index (χ1v) is 6.96. The lowest BCUT2D eigenvalue weighted by atomic mass is 10.1. The highest BCUT2D eigenvalue weighted by molar-refractivity contribution is 6.08. The van der Waals surface area contributed by atoms with Crippen LogP contribution in [0.3, 0.4) is 0 Å². The molecule has 4 nitrogen and oxygen atoms in total. The van der Waals surface area contributed by atoms with Gasteiger partial charge < -0.3 is 5.11 Å². The van der Waals surface area contributed by atoms with Gasteiger partial charge in [0.2, 0.25) is 5.78 Å². The van der Waals surface area contributed by atoms with E-state index >= 15 is 0 Å². The number of rotatable bonds is 4. The largest absolute Gasteiger partial charge is 0.513 e. The van der Waals surface area contributed by atoms with Gasteiger partial charge in [-0.1, -0.05) is 42.0 Å². The van der Waals surface area contributed by atoms with Crippen LogP contribution in [-0.2, 0) is 0 Å². The SMILES string of the molecule is Cc1ccc(C(=O)C(=CO)N=Nc2cccc(C)c2C)cc1. The van der Waals surface area contributed by atoms with Crippen LogP contribution < -0.4 is 0 Å². The molecule has 0 aliphatic rings. The highest BCUT2D eigenvalue weighted by atomic mass is 16.2. The summed E-state index contributed by atoms with van der Waals surface area (Å²) in [4.78, 5) is 12.3. The third kappa shape index (κ3) is 3.47. The standard InChI is InChI=1S/C18H18N2O2/c1-12-7-9-15(10-8-12)18(22)17(11-21)20-19-16-6-4-5-13(2)14(16)3/h4-11,21H,1-3H3. The number of allylic oxidation sites excluding steroid dienone is 1. The van der Waals surface area contributed by atoms with E-state index in [0.717, 1.165) is 16.7 Å². The van der Waals surface area contributed by atoms with Gasteiger partial charge in [-0.05, 0) is 38.0 Å². The maximum Gasteiger partial charge on any atom is 0.216 e. The molecule has 0 aliphatic heterocycles. The molecular formula is C18H18N2O2.